The quantitative estimate of drug-likeness (QED) is 0.426. The maximum atomic E-state index is 11.9. The third-order valence-corrected chi connectivity index (χ3v) is 4.93. The number of aromatic carboxylic acids is 1. The van der Waals surface area contributed by atoms with Crippen LogP contribution in [-0.4, -0.2) is 34.4 Å². The Balaban J connectivity index is 1.91. The van der Waals surface area contributed by atoms with Gasteiger partial charge in [-0.2, -0.15) is 0 Å². The highest BCUT2D eigenvalue weighted by molar-refractivity contribution is 6.33. The van der Waals surface area contributed by atoms with Crippen molar-refractivity contribution in [2.45, 2.75) is 20.8 Å². The SMILES string of the molecule is CCOC(=O)c1cccc(N=Cc2cc(C)n(-c3ccc(C(=O)O)c(Cl)c3)c2C)c1. The molecule has 0 atom stereocenters. The van der Waals surface area contributed by atoms with Gasteiger partial charge in [0, 0.05) is 28.9 Å². The lowest BCUT2D eigenvalue weighted by atomic mass is 10.2. The minimum atomic E-state index is -1.06. The van der Waals surface area contributed by atoms with Gasteiger partial charge in [-0.15, -0.1) is 0 Å². The molecule has 30 heavy (non-hydrogen) atoms. The number of aromatic nitrogens is 1. The van der Waals surface area contributed by atoms with Gasteiger partial charge in [-0.05, 0) is 63.2 Å². The van der Waals surface area contributed by atoms with E-state index >= 15 is 0 Å². The lowest BCUT2D eigenvalue weighted by Crippen LogP contribution is -2.03. The number of aliphatic imine (C=N–C) groups is 1. The van der Waals surface area contributed by atoms with Crippen molar-refractivity contribution < 1.29 is 19.4 Å². The van der Waals surface area contributed by atoms with Crippen molar-refractivity contribution in [1.82, 2.24) is 4.57 Å². The van der Waals surface area contributed by atoms with Crippen LogP contribution in [-0.2, 0) is 4.74 Å². The van der Waals surface area contributed by atoms with Crippen LogP contribution < -0.4 is 0 Å². The predicted octanol–water partition coefficient (Wildman–Crippen LogP) is 5.37. The van der Waals surface area contributed by atoms with Crippen molar-refractivity contribution in [3.8, 4) is 5.69 Å². The Hall–Kier alpha value is -3.38. The summed E-state index contributed by atoms with van der Waals surface area (Å²) in [6.45, 7) is 5.97. The van der Waals surface area contributed by atoms with E-state index in [1.165, 1.54) is 6.07 Å². The summed E-state index contributed by atoms with van der Waals surface area (Å²) < 4.78 is 7.00. The van der Waals surface area contributed by atoms with Gasteiger partial charge in [-0.25, -0.2) is 9.59 Å². The first-order valence-electron chi connectivity index (χ1n) is 9.35. The molecule has 0 unspecified atom stereocenters. The second-order valence-electron chi connectivity index (χ2n) is 6.66. The summed E-state index contributed by atoms with van der Waals surface area (Å²) in [5.74, 6) is -1.44. The van der Waals surface area contributed by atoms with E-state index in [0.29, 0.717) is 17.9 Å². The van der Waals surface area contributed by atoms with Crippen LogP contribution in [0.15, 0.2) is 53.5 Å². The number of carbonyl (C=O) groups excluding carboxylic acids is 1. The first-order valence-corrected chi connectivity index (χ1v) is 9.73. The second-order valence-corrected chi connectivity index (χ2v) is 7.07. The summed E-state index contributed by atoms with van der Waals surface area (Å²) in [7, 11) is 0. The average Bonchev–Trinajstić information content (AvgIpc) is 2.99. The van der Waals surface area contributed by atoms with E-state index in [9.17, 15) is 9.59 Å². The Labute approximate surface area is 179 Å². The van der Waals surface area contributed by atoms with Crippen LogP contribution in [0.4, 0.5) is 5.69 Å². The standard InChI is InChI=1S/C23H21ClN2O4/c1-4-30-23(29)16-6-5-7-18(11-16)25-13-17-10-14(2)26(15(17)3)19-8-9-20(22(27)28)21(24)12-19/h5-13H,4H2,1-3H3,(H,27,28). The molecule has 0 spiro atoms. The van der Waals surface area contributed by atoms with E-state index in [2.05, 4.69) is 4.99 Å². The number of hydrogen-bond donors (Lipinski definition) is 1. The van der Waals surface area contributed by atoms with Crippen LogP contribution in [0.25, 0.3) is 5.69 Å². The van der Waals surface area contributed by atoms with E-state index in [4.69, 9.17) is 21.4 Å². The smallest absolute Gasteiger partial charge is 0.338 e. The molecule has 6 nitrogen and oxygen atoms in total. The first kappa shape index (κ1) is 21.3. The summed E-state index contributed by atoms with van der Waals surface area (Å²) in [6, 6.07) is 13.8. The Morgan fingerprint density at radius 2 is 1.93 bits per heavy atom. The average molecular weight is 425 g/mol. The summed E-state index contributed by atoms with van der Waals surface area (Å²) in [4.78, 5) is 27.6. The first-order chi connectivity index (χ1) is 14.3. The van der Waals surface area contributed by atoms with Crippen molar-refractivity contribution in [3.63, 3.8) is 0 Å². The number of carboxylic acids is 1. The molecule has 2 aromatic carbocycles. The largest absolute Gasteiger partial charge is 0.478 e. The summed E-state index contributed by atoms with van der Waals surface area (Å²) in [6.07, 6.45) is 1.73. The molecular formula is C23H21ClN2O4. The van der Waals surface area contributed by atoms with Gasteiger partial charge < -0.3 is 14.4 Å². The van der Waals surface area contributed by atoms with E-state index in [0.717, 1.165) is 22.6 Å². The van der Waals surface area contributed by atoms with Crippen LogP contribution >= 0.6 is 11.6 Å². The lowest BCUT2D eigenvalue weighted by Gasteiger charge is -2.11. The zero-order valence-corrected chi connectivity index (χ0v) is 17.6. The number of nitrogens with zero attached hydrogens (tertiary/aromatic N) is 2. The number of aryl methyl sites for hydroxylation is 1. The predicted molar refractivity (Wildman–Crippen MR) is 117 cm³/mol. The Bertz CT molecular complexity index is 1150. The third-order valence-electron chi connectivity index (χ3n) is 4.62. The summed E-state index contributed by atoms with van der Waals surface area (Å²) in [5, 5.41) is 9.34. The molecule has 1 heterocycles. The van der Waals surface area contributed by atoms with E-state index in [1.807, 2.05) is 30.5 Å². The molecule has 0 bridgehead atoms. The summed E-state index contributed by atoms with van der Waals surface area (Å²) >= 11 is 6.13. The molecule has 0 aliphatic rings. The highest BCUT2D eigenvalue weighted by Crippen LogP contribution is 2.25. The van der Waals surface area contributed by atoms with Crippen molar-refractivity contribution >= 4 is 35.4 Å². The maximum absolute atomic E-state index is 11.9. The number of carbonyl (C=O) groups is 2. The number of hydrogen-bond acceptors (Lipinski definition) is 4. The molecule has 7 heteroatoms. The Morgan fingerprint density at radius 3 is 2.60 bits per heavy atom. The van der Waals surface area contributed by atoms with E-state index in [-0.39, 0.29) is 16.6 Å². The zero-order valence-electron chi connectivity index (χ0n) is 16.8. The topological polar surface area (TPSA) is 80.9 Å². The van der Waals surface area contributed by atoms with Crippen molar-refractivity contribution in [3.05, 3.63) is 81.6 Å². The number of ether oxygens (including phenoxy) is 1. The van der Waals surface area contributed by atoms with Gasteiger partial charge in [-0.1, -0.05) is 17.7 Å². The molecule has 0 amide bonds. The number of carboxylic acid groups (broad SMARTS) is 1. The second kappa shape index (κ2) is 8.97. The molecule has 1 aromatic heterocycles. The molecular weight excluding hydrogens is 404 g/mol. The highest BCUT2D eigenvalue weighted by Gasteiger charge is 2.14. The van der Waals surface area contributed by atoms with Gasteiger partial charge >= 0.3 is 11.9 Å². The van der Waals surface area contributed by atoms with Gasteiger partial charge in [0.2, 0.25) is 0 Å². The number of esters is 1. The van der Waals surface area contributed by atoms with E-state index < -0.39 is 5.97 Å². The van der Waals surface area contributed by atoms with Gasteiger partial charge in [0.25, 0.3) is 0 Å². The normalized spacial score (nSPS) is 11.1. The Morgan fingerprint density at radius 1 is 1.17 bits per heavy atom. The van der Waals surface area contributed by atoms with Crippen LogP contribution in [0, 0.1) is 13.8 Å². The van der Waals surface area contributed by atoms with Crippen molar-refractivity contribution in [2.24, 2.45) is 4.99 Å². The van der Waals surface area contributed by atoms with Gasteiger partial charge in [0.05, 0.1) is 28.4 Å². The molecule has 1 N–H and O–H groups in total. The van der Waals surface area contributed by atoms with Gasteiger partial charge in [0.1, 0.15) is 0 Å². The van der Waals surface area contributed by atoms with Crippen LogP contribution in [0.5, 0.6) is 0 Å². The van der Waals surface area contributed by atoms with Crippen LogP contribution in [0.2, 0.25) is 5.02 Å². The highest BCUT2D eigenvalue weighted by atomic mass is 35.5. The fourth-order valence-corrected chi connectivity index (χ4v) is 3.46. The van der Waals surface area contributed by atoms with E-state index in [1.54, 1.807) is 43.5 Å². The molecule has 3 rings (SSSR count). The zero-order chi connectivity index (χ0) is 21.8. The van der Waals surface area contributed by atoms with Crippen LogP contribution in [0.3, 0.4) is 0 Å². The van der Waals surface area contributed by atoms with Gasteiger partial charge in [-0.3, -0.25) is 4.99 Å². The number of benzene rings is 2. The number of halogens is 1. The lowest BCUT2D eigenvalue weighted by molar-refractivity contribution is 0.0526. The molecule has 0 aliphatic heterocycles. The van der Waals surface area contributed by atoms with Gasteiger partial charge in [0.15, 0.2) is 0 Å². The molecule has 0 radical (unpaired) electrons. The summed E-state index contributed by atoms with van der Waals surface area (Å²) in [5.41, 5.74) is 4.69. The molecule has 154 valence electrons. The molecule has 0 saturated carbocycles. The monoisotopic (exact) mass is 424 g/mol. The van der Waals surface area contributed by atoms with Crippen molar-refractivity contribution in [2.75, 3.05) is 6.61 Å². The minimum Gasteiger partial charge on any atom is -0.478 e. The molecule has 3 aromatic rings. The fourth-order valence-electron chi connectivity index (χ4n) is 3.20. The number of rotatable bonds is 6. The fraction of sp³-hybridized carbons (Fsp3) is 0.174. The van der Waals surface area contributed by atoms with Crippen LogP contribution in [0.1, 0.15) is 44.6 Å². The molecule has 0 aliphatic carbocycles. The molecule has 0 fully saturated rings. The maximum Gasteiger partial charge on any atom is 0.338 e. The third kappa shape index (κ3) is 4.44. The Kier molecular flexibility index (Phi) is 6.37. The molecule has 0 saturated heterocycles. The minimum absolute atomic E-state index is 0.0612. The van der Waals surface area contributed by atoms with Crippen molar-refractivity contribution in [1.29, 1.82) is 0 Å².